The molecule has 4 heteroatoms. The molecule has 0 spiro atoms. The highest BCUT2D eigenvalue weighted by molar-refractivity contribution is 9.07. The molecule has 0 aromatic rings. The van der Waals surface area contributed by atoms with Crippen LogP contribution in [0.2, 0.25) is 0 Å². The lowest BCUT2D eigenvalue weighted by Crippen LogP contribution is -2.53. The zero-order chi connectivity index (χ0) is 18.0. The van der Waals surface area contributed by atoms with Crippen LogP contribution in [-0.2, 0) is 9.59 Å². The zero-order valence-electron chi connectivity index (χ0n) is 15.7. The van der Waals surface area contributed by atoms with E-state index < -0.39 is 0 Å². The Kier molecular flexibility index (Phi) is 4.22. The summed E-state index contributed by atoms with van der Waals surface area (Å²) in [5.74, 6) is 2.65. The molecule has 138 valence electrons. The number of amides is 1. The molecule has 1 amide bonds. The fourth-order valence-corrected chi connectivity index (χ4v) is 7.80. The number of fused-ring (bicyclic) bond motifs is 5. The first kappa shape index (κ1) is 17.8. The predicted molar refractivity (Wildman–Crippen MR) is 102 cm³/mol. The minimum absolute atomic E-state index is 0.126. The lowest BCUT2D eigenvalue weighted by Gasteiger charge is -2.58. The Balaban J connectivity index is 1.63. The Labute approximate surface area is 159 Å². The molecule has 0 aromatic carbocycles. The van der Waals surface area contributed by atoms with Gasteiger partial charge in [-0.3, -0.25) is 13.5 Å². The van der Waals surface area contributed by atoms with Gasteiger partial charge in [0, 0.05) is 19.4 Å². The van der Waals surface area contributed by atoms with Gasteiger partial charge in [0.25, 0.3) is 0 Å². The average Bonchev–Trinajstić information content (AvgIpc) is 2.92. The fourth-order valence-electron chi connectivity index (χ4n) is 7.12. The molecule has 3 fully saturated rings. The van der Waals surface area contributed by atoms with Gasteiger partial charge in [-0.1, -0.05) is 19.4 Å². The van der Waals surface area contributed by atoms with Crippen LogP contribution in [-0.4, -0.2) is 21.7 Å². The van der Waals surface area contributed by atoms with Crippen LogP contribution in [0.5, 0.6) is 0 Å². The topological polar surface area (TPSA) is 37.4 Å². The van der Waals surface area contributed by atoms with Crippen LogP contribution in [0, 0.1) is 28.6 Å². The summed E-state index contributed by atoms with van der Waals surface area (Å²) in [6.07, 6.45) is 10.9. The van der Waals surface area contributed by atoms with Crippen LogP contribution in [0.4, 0.5) is 0 Å². The van der Waals surface area contributed by atoms with E-state index in [0.29, 0.717) is 17.7 Å². The molecule has 0 unspecified atom stereocenters. The summed E-state index contributed by atoms with van der Waals surface area (Å²) in [6.45, 7) is 6.53. The smallest absolute Gasteiger partial charge is 0.229 e. The first-order valence-electron chi connectivity index (χ1n) is 9.97. The van der Waals surface area contributed by atoms with Crippen molar-refractivity contribution in [3.63, 3.8) is 0 Å². The summed E-state index contributed by atoms with van der Waals surface area (Å²) in [5.41, 5.74) is 1.91. The van der Waals surface area contributed by atoms with E-state index in [2.05, 4.69) is 30.0 Å². The molecule has 3 saturated carbocycles. The standard InChI is InChI=1S/C21H30BrNO2/c1-13(24)23(22)19-7-6-17-16-5-4-14-12-15(25)8-10-20(14,2)18(16)9-11-21(17,19)3/h12,16-19H,4-11H2,1-3H3/t16-,17-,18-,19-,20-,21-/m0/s1. The Bertz CT molecular complexity index is 644. The Morgan fingerprint density at radius 2 is 1.88 bits per heavy atom. The van der Waals surface area contributed by atoms with Gasteiger partial charge in [-0.2, -0.15) is 0 Å². The van der Waals surface area contributed by atoms with Gasteiger partial charge in [-0.25, -0.2) is 0 Å². The third kappa shape index (κ3) is 2.49. The van der Waals surface area contributed by atoms with Crippen molar-refractivity contribution in [2.24, 2.45) is 28.6 Å². The normalized spacial score (nSPS) is 45.9. The monoisotopic (exact) mass is 407 g/mol. The highest BCUT2D eigenvalue weighted by atomic mass is 79.9. The van der Waals surface area contributed by atoms with Crippen molar-refractivity contribution >= 4 is 27.8 Å². The highest BCUT2D eigenvalue weighted by Gasteiger charge is 2.60. The van der Waals surface area contributed by atoms with Crippen molar-refractivity contribution in [3.8, 4) is 0 Å². The lowest BCUT2D eigenvalue weighted by molar-refractivity contribution is -0.128. The van der Waals surface area contributed by atoms with Crippen molar-refractivity contribution in [2.45, 2.75) is 78.2 Å². The molecule has 0 N–H and O–H groups in total. The molecule has 0 bridgehead atoms. The minimum atomic E-state index is 0.126. The summed E-state index contributed by atoms with van der Waals surface area (Å²) in [6, 6.07) is 0.327. The summed E-state index contributed by atoms with van der Waals surface area (Å²) in [4.78, 5) is 23.9. The van der Waals surface area contributed by atoms with Gasteiger partial charge >= 0.3 is 0 Å². The summed E-state index contributed by atoms with van der Waals surface area (Å²) in [5, 5.41) is 0. The number of hydrogen-bond donors (Lipinski definition) is 0. The van der Waals surface area contributed by atoms with E-state index in [1.165, 1.54) is 31.3 Å². The number of hydrogen-bond acceptors (Lipinski definition) is 2. The van der Waals surface area contributed by atoms with Crippen molar-refractivity contribution in [3.05, 3.63) is 11.6 Å². The van der Waals surface area contributed by atoms with Crippen LogP contribution in [0.1, 0.15) is 72.1 Å². The average molecular weight is 408 g/mol. The van der Waals surface area contributed by atoms with E-state index in [-0.39, 0.29) is 16.7 Å². The maximum atomic E-state index is 11.9. The summed E-state index contributed by atoms with van der Waals surface area (Å²) >= 11 is 3.56. The van der Waals surface area contributed by atoms with E-state index in [4.69, 9.17) is 0 Å². The van der Waals surface area contributed by atoms with Crippen molar-refractivity contribution in [1.82, 2.24) is 3.93 Å². The van der Waals surface area contributed by atoms with Crippen LogP contribution in [0.25, 0.3) is 0 Å². The molecule has 4 rings (SSSR count). The predicted octanol–water partition coefficient (Wildman–Crippen LogP) is 5.05. The first-order valence-corrected chi connectivity index (χ1v) is 10.7. The molecule has 0 saturated heterocycles. The number of nitrogens with zero attached hydrogens (tertiary/aromatic N) is 1. The Hall–Kier alpha value is -0.640. The van der Waals surface area contributed by atoms with Gasteiger partial charge in [-0.15, -0.1) is 0 Å². The van der Waals surface area contributed by atoms with Gasteiger partial charge in [0.05, 0.1) is 16.1 Å². The third-order valence-electron chi connectivity index (χ3n) is 8.49. The van der Waals surface area contributed by atoms with Crippen molar-refractivity contribution in [2.75, 3.05) is 0 Å². The second-order valence-electron chi connectivity index (χ2n) is 9.44. The maximum absolute atomic E-state index is 11.9. The SMILES string of the molecule is CC(=O)N(Br)[C@H]1CC[C@H]2[C@@H]3CCC4=CC(=O)CC[C@]4(C)[C@H]3CC[C@]12C. The molecule has 0 aliphatic heterocycles. The molecule has 0 radical (unpaired) electrons. The number of carbonyl (C=O) groups excluding carboxylic acids is 2. The third-order valence-corrected chi connectivity index (χ3v) is 9.48. The molecule has 25 heavy (non-hydrogen) atoms. The molecule has 4 aliphatic rings. The first-order chi connectivity index (χ1) is 11.8. The zero-order valence-corrected chi connectivity index (χ0v) is 17.3. The molecule has 0 heterocycles. The van der Waals surface area contributed by atoms with E-state index in [1.54, 1.807) is 6.92 Å². The second kappa shape index (κ2) is 5.94. The van der Waals surface area contributed by atoms with Crippen LogP contribution < -0.4 is 0 Å². The van der Waals surface area contributed by atoms with Crippen LogP contribution in [0.15, 0.2) is 11.6 Å². The van der Waals surface area contributed by atoms with Gasteiger partial charge < -0.3 is 0 Å². The van der Waals surface area contributed by atoms with E-state index in [9.17, 15) is 9.59 Å². The molecule has 3 nitrogen and oxygen atoms in total. The van der Waals surface area contributed by atoms with Crippen molar-refractivity contribution < 1.29 is 9.59 Å². The quantitative estimate of drug-likeness (QED) is 0.570. The number of rotatable bonds is 1. The molecule has 0 aromatic heterocycles. The van der Waals surface area contributed by atoms with Gasteiger partial charge in [0.2, 0.25) is 5.91 Å². The highest BCUT2D eigenvalue weighted by Crippen LogP contribution is 2.65. The lowest BCUT2D eigenvalue weighted by atomic mass is 9.47. The maximum Gasteiger partial charge on any atom is 0.229 e. The number of halogens is 1. The number of carbonyl (C=O) groups is 2. The van der Waals surface area contributed by atoms with E-state index >= 15 is 0 Å². The second-order valence-corrected chi connectivity index (χ2v) is 10.2. The molecular formula is C21H30BrNO2. The van der Waals surface area contributed by atoms with Crippen molar-refractivity contribution in [1.29, 1.82) is 0 Å². The molecule has 6 atom stereocenters. The Morgan fingerprint density at radius 3 is 2.60 bits per heavy atom. The fraction of sp³-hybridized carbons (Fsp3) is 0.810. The largest absolute Gasteiger partial charge is 0.295 e. The van der Waals surface area contributed by atoms with Crippen LogP contribution in [0.3, 0.4) is 0 Å². The van der Waals surface area contributed by atoms with Gasteiger partial charge in [0.15, 0.2) is 5.78 Å². The Morgan fingerprint density at radius 1 is 1.12 bits per heavy atom. The van der Waals surface area contributed by atoms with E-state index in [0.717, 1.165) is 37.5 Å². The summed E-state index contributed by atoms with van der Waals surface area (Å²) in [7, 11) is 0. The van der Waals surface area contributed by atoms with Crippen LogP contribution >= 0.6 is 16.1 Å². The number of ketones is 1. The van der Waals surface area contributed by atoms with E-state index in [1.807, 2.05) is 10.0 Å². The van der Waals surface area contributed by atoms with Gasteiger partial charge in [0.1, 0.15) is 0 Å². The molecule has 4 aliphatic carbocycles. The molecular weight excluding hydrogens is 378 g/mol. The van der Waals surface area contributed by atoms with Gasteiger partial charge in [-0.05, 0) is 79.6 Å². The number of allylic oxidation sites excluding steroid dienone is 1. The summed E-state index contributed by atoms with van der Waals surface area (Å²) < 4.78 is 1.84. The minimum Gasteiger partial charge on any atom is -0.295 e.